The lowest BCUT2D eigenvalue weighted by Gasteiger charge is -2.25. The summed E-state index contributed by atoms with van der Waals surface area (Å²) >= 11 is 6.35. The van der Waals surface area contributed by atoms with E-state index in [0.717, 1.165) is 11.1 Å². The van der Waals surface area contributed by atoms with E-state index in [1.165, 1.54) is 0 Å². The summed E-state index contributed by atoms with van der Waals surface area (Å²) in [5.41, 5.74) is 2.29. The van der Waals surface area contributed by atoms with E-state index in [4.69, 9.17) is 16.0 Å². The number of amides is 1. The quantitative estimate of drug-likeness (QED) is 0.474. The first-order chi connectivity index (χ1) is 14.1. The van der Waals surface area contributed by atoms with Gasteiger partial charge in [-0.3, -0.25) is 9.59 Å². The molecule has 1 aliphatic heterocycles. The largest absolute Gasteiger partial charge is 0.450 e. The van der Waals surface area contributed by atoms with E-state index >= 15 is 0 Å². The van der Waals surface area contributed by atoms with E-state index in [1.807, 2.05) is 48.5 Å². The highest BCUT2D eigenvalue weighted by atomic mass is 35.5. The summed E-state index contributed by atoms with van der Waals surface area (Å²) in [7, 11) is 0. The molecule has 1 aromatic heterocycles. The number of hydrogen-bond acceptors (Lipinski definition) is 3. The Morgan fingerprint density at radius 1 is 0.862 bits per heavy atom. The Morgan fingerprint density at radius 3 is 2.34 bits per heavy atom. The lowest BCUT2D eigenvalue weighted by atomic mass is 9.98. The van der Waals surface area contributed by atoms with Gasteiger partial charge in [0.1, 0.15) is 5.58 Å². The van der Waals surface area contributed by atoms with Crippen LogP contribution in [0.4, 0.5) is 0 Å². The summed E-state index contributed by atoms with van der Waals surface area (Å²) < 4.78 is 5.92. The van der Waals surface area contributed by atoms with Crippen molar-refractivity contribution in [2.24, 2.45) is 0 Å². The number of benzene rings is 3. The highest BCUT2D eigenvalue weighted by molar-refractivity contribution is 6.31. The van der Waals surface area contributed by atoms with Crippen LogP contribution in [0.15, 0.2) is 88.1 Å². The molecular formula is C24H16ClNO3. The van der Waals surface area contributed by atoms with Crippen molar-refractivity contribution in [2.45, 2.75) is 12.6 Å². The number of carbonyl (C=O) groups excluding carboxylic acids is 1. The molecule has 0 saturated heterocycles. The molecule has 1 atom stereocenters. The van der Waals surface area contributed by atoms with Crippen molar-refractivity contribution < 1.29 is 9.21 Å². The van der Waals surface area contributed by atoms with E-state index in [1.54, 1.807) is 35.2 Å². The lowest BCUT2D eigenvalue weighted by Crippen LogP contribution is -2.29. The molecule has 0 N–H and O–H groups in total. The van der Waals surface area contributed by atoms with E-state index < -0.39 is 6.04 Å². The third-order valence-corrected chi connectivity index (χ3v) is 5.66. The van der Waals surface area contributed by atoms with Crippen molar-refractivity contribution in [1.82, 2.24) is 4.90 Å². The Balaban J connectivity index is 1.74. The zero-order valence-electron chi connectivity index (χ0n) is 15.3. The molecule has 29 heavy (non-hydrogen) atoms. The number of fused-ring (bicyclic) bond motifs is 2. The Kier molecular flexibility index (Phi) is 4.22. The van der Waals surface area contributed by atoms with Gasteiger partial charge in [0, 0.05) is 11.6 Å². The highest BCUT2D eigenvalue weighted by Gasteiger charge is 2.42. The molecule has 1 amide bonds. The topological polar surface area (TPSA) is 50.5 Å². The Labute approximate surface area is 172 Å². The molecule has 0 radical (unpaired) electrons. The van der Waals surface area contributed by atoms with E-state index in [0.29, 0.717) is 21.6 Å². The van der Waals surface area contributed by atoms with Gasteiger partial charge < -0.3 is 9.32 Å². The van der Waals surface area contributed by atoms with Crippen molar-refractivity contribution in [3.63, 3.8) is 0 Å². The lowest BCUT2D eigenvalue weighted by molar-refractivity contribution is 0.0714. The standard InChI is InChI=1S/C24H16ClNO3/c25-18-12-6-4-10-16(18)14-26-21(15-8-2-1-3-9-15)20-22(27)17-11-5-7-13-19(17)29-23(20)24(26)28/h1-13,21H,14H2/t21-/m1/s1. The molecular weight excluding hydrogens is 386 g/mol. The molecule has 5 rings (SSSR count). The second-order valence-corrected chi connectivity index (χ2v) is 7.42. The molecule has 1 aliphatic rings. The molecule has 0 spiro atoms. The number of carbonyl (C=O) groups is 1. The highest BCUT2D eigenvalue weighted by Crippen LogP contribution is 2.39. The van der Waals surface area contributed by atoms with Crippen molar-refractivity contribution in [1.29, 1.82) is 0 Å². The second kappa shape index (κ2) is 6.90. The van der Waals surface area contributed by atoms with E-state index in [9.17, 15) is 9.59 Å². The zero-order valence-corrected chi connectivity index (χ0v) is 16.1. The summed E-state index contributed by atoms with van der Waals surface area (Å²) in [4.78, 5) is 28.3. The first-order valence-corrected chi connectivity index (χ1v) is 9.68. The number of para-hydroxylation sites is 1. The van der Waals surface area contributed by atoms with E-state index in [-0.39, 0.29) is 23.6 Å². The summed E-state index contributed by atoms with van der Waals surface area (Å²) in [5.74, 6) is -0.203. The summed E-state index contributed by atoms with van der Waals surface area (Å²) in [6, 6.07) is 23.4. The number of hydrogen-bond donors (Lipinski definition) is 0. The van der Waals surface area contributed by atoms with E-state index in [2.05, 4.69) is 0 Å². The normalized spacial score (nSPS) is 15.7. The predicted molar refractivity (Wildman–Crippen MR) is 112 cm³/mol. The third-order valence-electron chi connectivity index (χ3n) is 5.29. The number of halogens is 1. The molecule has 0 bridgehead atoms. The van der Waals surface area contributed by atoms with Crippen molar-refractivity contribution >= 4 is 28.5 Å². The second-order valence-electron chi connectivity index (χ2n) is 7.01. The van der Waals surface area contributed by atoms with Crippen molar-refractivity contribution in [3.05, 3.63) is 117 Å². The number of nitrogens with zero attached hydrogens (tertiary/aromatic N) is 1. The molecule has 2 heterocycles. The molecule has 0 unspecified atom stereocenters. The average Bonchev–Trinajstić information content (AvgIpc) is 3.03. The van der Waals surface area contributed by atoms with Crippen LogP contribution in [0.25, 0.3) is 11.0 Å². The maximum atomic E-state index is 13.3. The molecule has 4 nitrogen and oxygen atoms in total. The fourth-order valence-corrected chi connectivity index (χ4v) is 4.12. The van der Waals surface area contributed by atoms with Crippen LogP contribution in [0, 0.1) is 0 Å². The van der Waals surface area contributed by atoms with Gasteiger partial charge in [0.25, 0.3) is 5.91 Å². The smallest absolute Gasteiger partial charge is 0.291 e. The van der Waals surface area contributed by atoms with Crippen molar-refractivity contribution in [2.75, 3.05) is 0 Å². The minimum atomic E-state index is -0.532. The summed E-state index contributed by atoms with van der Waals surface area (Å²) in [6.07, 6.45) is 0. The van der Waals surface area contributed by atoms with Crippen LogP contribution in [0.3, 0.4) is 0 Å². The van der Waals surface area contributed by atoms with Gasteiger partial charge in [-0.25, -0.2) is 0 Å². The zero-order chi connectivity index (χ0) is 20.0. The van der Waals surface area contributed by atoms with Gasteiger partial charge in [-0.05, 0) is 29.3 Å². The van der Waals surface area contributed by atoms with Gasteiger partial charge in [-0.1, -0.05) is 72.3 Å². The molecule has 0 fully saturated rings. The predicted octanol–water partition coefficient (Wildman–Crippen LogP) is 5.19. The minimum absolute atomic E-state index is 0.106. The van der Waals surface area contributed by atoms with Crippen molar-refractivity contribution in [3.8, 4) is 0 Å². The SMILES string of the molecule is O=C1c2oc3ccccc3c(=O)c2[C@@H](c2ccccc2)N1Cc1ccccc1Cl. The molecule has 142 valence electrons. The minimum Gasteiger partial charge on any atom is -0.450 e. The fourth-order valence-electron chi connectivity index (χ4n) is 3.92. The first-order valence-electron chi connectivity index (χ1n) is 9.30. The van der Waals surface area contributed by atoms with Gasteiger partial charge in [0.15, 0.2) is 5.43 Å². The van der Waals surface area contributed by atoms with Crippen LogP contribution in [0.5, 0.6) is 0 Å². The number of rotatable bonds is 3. The third kappa shape index (κ3) is 2.84. The molecule has 5 heteroatoms. The molecule has 0 aliphatic carbocycles. The Bertz CT molecular complexity index is 1300. The van der Waals surface area contributed by atoms with Crippen LogP contribution >= 0.6 is 11.6 Å². The Morgan fingerprint density at radius 2 is 1.55 bits per heavy atom. The van der Waals surface area contributed by atoms with Gasteiger partial charge in [0.2, 0.25) is 5.76 Å². The monoisotopic (exact) mass is 401 g/mol. The van der Waals surface area contributed by atoms with Gasteiger partial charge in [-0.15, -0.1) is 0 Å². The van der Waals surface area contributed by atoms with Gasteiger partial charge >= 0.3 is 0 Å². The first kappa shape index (κ1) is 17.7. The van der Waals surface area contributed by atoms with Crippen LogP contribution in [0.1, 0.15) is 33.3 Å². The summed E-state index contributed by atoms with van der Waals surface area (Å²) in [5, 5.41) is 1.05. The summed E-state index contributed by atoms with van der Waals surface area (Å²) in [6.45, 7) is 0.276. The Hall–Kier alpha value is -3.37. The van der Waals surface area contributed by atoms with Crippen LogP contribution < -0.4 is 5.43 Å². The fraction of sp³-hybridized carbons (Fsp3) is 0.0833. The van der Waals surface area contributed by atoms with Gasteiger partial charge in [0.05, 0.1) is 17.0 Å². The molecule has 3 aromatic carbocycles. The van der Waals surface area contributed by atoms with Gasteiger partial charge in [-0.2, -0.15) is 0 Å². The maximum Gasteiger partial charge on any atom is 0.291 e. The maximum absolute atomic E-state index is 13.3. The average molecular weight is 402 g/mol. The van der Waals surface area contributed by atoms with Crippen LogP contribution in [-0.4, -0.2) is 10.8 Å². The van der Waals surface area contributed by atoms with Crippen LogP contribution in [-0.2, 0) is 6.54 Å². The van der Waals surface area contributed by atoms with Crippen LogP contribution in [0.2, 0.25) is 5.02 Å². The molecule has 4 aromatic rings. The molecule has 0 saturated carbocycles.